The highest BCUT2D eigenvalue weighted by molar-refractivity contribution is 9.10. The van der Waals surface area contributed by atoms with E-state index in [-0.39, 0.29) is 0 Å². The molecule has 1 aromatic carbocycles. The molecule has 1 atom stereocenters. The minimum Gasteiger partial charge on any atom is -0.307 e. The number of nitrogens with one attached hydrogen (secondary N) is 1. The van der Waals surface area contributed by atoms with Gasteiger partial charge in [-0.1, -0.05) is 46.6 Å². The number of rotatable bonds is 5. The zero-order chi connectivity index (χ0) is 13.0. The van der Waals surface area contributed by atoms with Gasteiger partial charge in [-0.3, -0.25) is 0 Å². The van der Waals surface area contributed by atoms with E-state index in [4.69, 9.17) is 0 Å². The SMILES string of the molecule is CCCNC(C1=CCCC1)c1ccc(C)cc1Br. The molecule has 0 bridgehead atoms. The molecule has 0 aliphatic heterocycles. The second kappa shape index (κ2) is 6.53. The predicted octanol–water partition coefficient (Wildman–Crippen LogP) is 4.91. The third kappa shape index (κ3) is 3.24. The minimum atomic E-state index is 0.391. The molecule has 0 saturated heterocycles. The van der Waals surface area contributed by atoms with Gasteiger partial charge in [0, 0.05) is 4.47 Å². The van der Waals surface area contributed by atoms with Gasteiger partial charge in [0.1, 0.15) is 0 Å². The molecule has 0 spiro atoms. The summed E-state index contributed by atoms with van der Waals surface area (Å²) in [5, 5.41) is 3.69. The third-order valence-corrected chi connectivity index (χ3v) is 4.20. The van der Waals surface area contributed by atoms with Crippen LogP contribution in [0.3, 0.4) is 0 Å². The van der Waals surface area contributed by atoms with Crippen molar-refractivity contribution >= 4 is 15.9 Å². The Morgan fingerprint density at radius 2 is 2.22 bits per heavy atom. The Morgan fingerprint density at radius 1 is 1.39 bits per heavy atom. The molecule has 0 amide bonds. The largest absolute Gasteiger partial charge is 0.307 e. The van der Waals surface area contributed by atoms with Crippen molar-refractivity contribution in [1.82, 2.24) is 5.32 Å². The fourth-order valence-electron chi connectivity index (χ4n) is 2.55. The Balaban J connectivity index is 2.26. The first-order chi connectivity index (χ1) is 8.72. The van der Waals surface area contributed by atoms with Gasteiger partial charge >= 0.3 is 0 Å². The van der Waals surface area contributed by atoms with Crippen LogP contribution in [0, 0.1) is 6.92 Å². The summed E-state index contributed by atoms with van der Waals surface area (Å²) in [6, 6.07) is 7.07. The number of hydrogen-bond acceptors (Lipinski definition) is 1. The maximum atomic E-state index is 3.72. The van der Waals surface area contributed by atoms with Crippen LogP contribution in [0.15, 0.2) is 34.3 Å². The summed E-state index contributed by atoms with van der Waals surface area (Å²) in [4.78, 5) is 0. The minimum absolute atomic E-state index is 0.391. The molecule has 0 heterocycles. The molecule has 1 aliphatic carbocycles. The lowest BCUT2D eigenvalue weighted by Gasteiger charge is -2.22. The van der Waals surface area contributed by atoms with E-state index < -0.39 is 0 Å². The second-order valence-corrected chi connectivity index (χ2v) is 5.94. The topological polar surface area (TPSA) is 12.0 Å². The highest BCUT2D eigenvalue weighted by Crippen LogP contribution is 2.34. The maximum absolute atomic E-state index is 3.72. The zero-order valence-corrected chi connectivity index (χ0v) is 12.9. The van der Waals surface area contributed by atoms with Gasteiger partial charge in [-0.15, -0.1) is 0 Å². The van der Waals surface area contributed by atoms with Crippen molar-refractivity contribution in [3.63, 3.8) is 0 Å². The highest BCUT2D eigenvalue weighted by atomic mass is 79.9. The normalized spacial score (nSPS) is 16.7. The average molecular weight is 308 g/mol. The van der Waals surface area contributed by atoms with Gasteiger partial charge in [0.25, 0.3) is 0 Å². The molecule has 0 radical (unpaired) electrons. The van der Waals surface area contributed by atoms with Crippen LogP contribution in [0.4, 0.5) is 0 Å². The van der Waals surface area contributed by atoms with Crippen molar-refractivity contribution in [1.29, 1.82) is 0 Å². The van der Waals surface area contributed by atoms with Gasteiger partial charge in [0.05, 0.1) is 6.04 Å². The summed E-state index contributed by atoms with van der Waals surface area (Å²) in [5.41, 5.74) is 4.25. The first-order valence-electron chi connectivity index (χ1n) is 6.90. The van der Waals surface area contributed by atoms with E-state index in [9.17, 15) is 0 Å². The van der Waals surface area contributed by atoms with Crippen LogP contribution in [-0.2, 0) is 0 Å². The van der Waals surface area contributed by atoms with E-state index >= 15 is 0 Å². The van der Waals surface area contributed by atoms with Gasteiger partial charge in [-0.2, -0.15) is 0 Å². The molecule has 1 aliphatic rings. The molecular formula is C16H22BrN. The number of hydrogen-bond donors (Lipinski definition) is 1. The fraction of sp³-hybridized carbons (Fsp3) is 0.500. The van der Waals surface area contributed by atoms with Crippen LogP contribution in [0.5, 0.6) is 0 Å². The zero-order valence-electron chi connectivity index (χ0n) is 11.3. The summed E-state index contributed by atoms with van der Waals surface area (Å²) in [6.07, 6.45) is 7.38. The molecule has 1 unspecified atom stereocenters. The van der Waals surface area contributed by atoms with Gasteiger partial charge in [-0.25, -0.2) is 0 Å². The molecule has 1 aromatic rings. The molecule has 1 nitrogen and oxygen atoms in total. The van der Waals surface area contributed by atoms with E-state index in [1.807, 2.05) is 0 Å². The molecule has 2 heteroatoms. The number of aryl methyl sites for hydroxylation is 1. The third-order valence-electron chi connectivity index (χ3n) is 3.51. The highest BCUT2D eigenvalue weighted by Gasteiger charge is 2.20. The van der Waals surface area contributed by atoms with Crippen molar-refractivity contribution in [2.24, 2.45) is 0 Å². The van der Waals surface area contributed by atoms with Crippen LogP contribution in [0.25, 0.3) is 0 Å². The lowest BCUT2D eigenvalue weighted by Crippen LogP contribution is -2.23. The molecule has 1 N–H and O–H groups in total. The van der Waals surface area contributed by atoms with Crippen LogP contribution < -0.4 is 5.32 Å². The molecule has 18 heavy (non-hydrogen) atoms. The maximum Gasteiger partial charge on any atom is 0.0547 e. The van der Waals surface area contributed by atoms with Crippen molar-refractivity contribution in [3.05, 3.63) is 45.4 Å². The number of benzene rings is 1. The molecule has 98 valence electrons. The van der Waals surface area contributed by atoms with E-state index in [2.05, 4.69) is 59.4 Å². The van der Waals surface area contributed by atoms with Gasteiger partial charge in [0.2, 0.25) is 0 Å². The summed E-state index contributed by atoms with van der Waals surface area (Å²) in [7, 11) is 0. The van der Waals surface area contributed by atoms with E-state index in [1.54, 1.807) is 5.57 Å². The van der Waals surface area contributed by atoms with Crippen LogP contribution in [0.2, 0.25) is 0 Å². The molecule has 0 aromatic heterocycles. The summed E-state index contributed by atoms with van der Waals surface area (Å²) >= 11 is 3.72. The van der Waals surface area contributed by atoms with Crippen molar-refractivity contribution in [3.8, 4) is 0 Å². The smallest absolute Gasteiger partial charge is 0.0547 e. The van der Waals surface area contributed by atoms with Crippen LogP contribution >= 0.6 is 15.9 Å². The number of allylic oxidation sites excluding steroid dienone is 1. The predicted molar refractivity (Wildman–Crippen MR) is 81.8 cm³/mol. The first kappa shape index (κ1) is 13.8. The summed E-state index contributed by atoms with van der Waals surface area (Å²) < 4.78 is 1.23. The molecule has 0 saturated carbocycles. The molecule has 2 rings (SSSR count). The van der Waals surface area contributed by atoms with Gasteiger partial charge < -0.3 is 5.32 Å². The molecular weight excluding hydrogens is 286 g/mol. The lowest BCUT2D eigenvalue weighted by atomic mass is 9.97. The van der Waals surface area contributed by atoms with Crippen molar-refractivity contribution in [2.45, 2.75) is 45.6 Å². The van der Waals surface area contributed by atoms with Crippen LogP contribution in [0.1, 0.15) is 49.8 Å². The van der Waals surface area contributed by atoms with Gasteiger partial charge in [-0.05, 0) is 56.3 Å². The van der Waals surface area contributed by atoms with E-state index in [0.29, 0.717) is 6.04 Å². The Bertz CT molecular complexity index is 437. The summed E-state index contributed by atoms with van der Waals surface area (Å²) in [5.74, 6) is 0. The van der Waals surface area contributed by atoms with Crippen molar-refractivity contribution < 1.29 is 0 Å². The Kier molecular flexibility index (Phi) is 5.02. The molecule has 0 fully saturated rings. The quantitative estimate of drug-likeness (QED) is 0.762. The second-order valence-electron chi connectivity index (χ2n) is 5.08. The van der Waals surface area contributed by atoms with Crippen molar-refractivity contribution in [2.75, 3.05) is 6.54 Å². The fourth-order valence-corrected chi connectivity index (χ4v) is 3.28. The van der Waals surface area contributed by atoms with E-state index in [0.717, 1.165) is 6.54 Å². The first-order valence-corrected chi connectivity index (χ1v) is 7.70. The Hall–Kier alpha value is -0.600. The summed E-state index contributed by atoms with van der Waals surface area (Å²) in [6.45, 7) is 5.43. The Morgan fingerprint density at radius 3 is 2.83 bits per heavy atom. The van der Waals surface area contributed by atoms with E-state index in [1.165, 1.54) is 41.3 Å². The standard InChI is InChI=1S/C16H22BrN/c1-3-10-18-16(13-6-4-5-7-13)14-9-8-12(2)11-15(14)17/h6,8-9,11,16,18H,3-5,7,10H2,1-2H3. The average Bonchev–Trinajstić information content (AvgIpc) is 2.85. The van der Waals surface area contributed by atoms with Gasteiger partial charge in [0.15, 0.2) is 0 Å². The Labute approximate surface area is 119 Å². The number of halogens is 1. The van der Waals surface area contributed by atoms with Crippen LogP contribution in [-0.4, -0.2) is 6.54 Å². The monoisotopic (exact) mass is 307 g/mol. The lowest BCUT2D eigenvalue weighted by molar-refractivity contribution is 0.577.